The van der Waals surface area contributed by atoms with E-state index in [1.54, 1.807) is 0 Å². The van der Waals surface area contributed by atoms with Gasteiger partial charge in [-0.2, -0.15) is 0 Å². The van der Waals surface area contributed by atoms with Crippen LogP contribution in [-0.2, 0) is 9.53 Å². The topological polar surface area (TPSA) is 49.8 Å². The molecule has 0 aromatic heterocycles. The summed E-state index contributed by atoms with van der Waals surface area (Å²) in [7, 11) is 0. The number of aryl methyl sites for hydroxylation is 2. The van der Waals surface area contributed by atoms with Crippen LogP contribution in [0.1, 0.15) is 31.4 Å². The molecule has 2 saturated carbocycles. The highest BCUT2D eigenvalue weighted by molar-refractivity contribution is 6.01. The Bertz CT molecular complexity index is 744. The van der Waals surface area contributed by atoms with Crippen LogP contribution in [0, 0.1) is 43.4 Å². The van der Waals surface area contributed by atoms with Gasteiger partial charge in [0, 0.05) is 17.5 Å². The molecule has 1 aromatic carbocycles. The zero-order chi connectivity index (χ0) is 17.0. The molecule has 4 heteroatoms. The Labute approximate surface area is 142 Å². The SMILES string of the molecule is Cc1ccc(N2C(=O)C3C4CC5C(OC2(C(C)C)C53)C4O)c(C)c1. The second-order valence-electron chi connectivity index (χ2n) is 8.56. The number of anilines is 1. The number of benzene rings is 1. The Morgan fingerprint density at radius 2 is 2.04 bits per heavy atom. The number of carbonyl (C=O) groups excluding carboxylic acids is 1. The van der Waals surface area contributed by atoms with Crippen LogP contribution in [0.4, 0.5) is 5.69 Å². The number of amides is 1. The Morgan fingerprint density at radius 1 is 1.29 bits per heavy atom. The van der Waals surface area contributed by atoms with Crippen LogP contribution < -0.4 is 4.90 Å². The first-order valence-corrected chi connectivity index (χ1v) is 9.15. The Morgan fingerprint density at radius 3 is 2.71 bits per heavy atom. The van der Waals surface area contributed by atoms with E-state index in [4.69, 9.17) is 4.74 Å². The van der Waals surface area contributed by atoms with E-state index in [9.17, 15) is 9.90 Å². The normalized spacial score (nSPS) is 45.1. The fraction of sp³-hybridized carbons (Fsp3) is 0.650. The van der Waals surface area contributed by atoms with E-state index < -0.39 is 11.8 Å². The van der Waals surface area contributed by atoms with E-state index in [1.807, 2.05) is 4.90 Å². The van der Waals surface area contributed by atoms with Crippen LogP contribution in [0.5, 0.6) is 0 Å². The number of fused-ring (bicyclic) bond motifs is 2. The summed E-state index contributed by atoms with van der Waals surface area (Å²) in [6.07, 6.45) is 0.379. The van der Waals surface area contributed by atoms with Gasteiger partial charge in [-0.25, -0.2) is 0 Å². The van der Waals surface area contributed by atoms with Crippen molar-refractivity contribution in [3.63, 3.8) is 0 Å². The molecule has 4 nitrogen and oxygen atoms in total. The van der Waals surface area contributed by atoms with Crippen LogP contribution in [0.25, 0.3) is 0 Å². The average molecular weight is 327 g/mol. The molecule has 2 heterocycles. The van der Waals surface area contributed by atoms with Crippen molar-refractivity contribution in [2.75, 3.05) is 4.90 Å². The fourth-order valence-corrected chi connectivity index (χ4v) is 6.35. The predicted molar refractivity (Wildman–Crippen MR) is 90.4 cm³/mol. The second-order valence-corrected chi connectivity index (χ2v) is 8.56. The maximum Gasteiger partial charge on any atom is 0.233 e. The lowest BCUT2D eigenvalue weighted by Crippen LogP contribution is -2.54. The molecule has 2 aliphatic carbocycles. The molecular formula is C20H25NO3. The van der Waals surface area contributed by atoms with Crippen molar-refractivity contribution < 1.29 is 14.6 Å². The molecule has 1 aromatic rings. The van der Waals surface area contributed by atoms with Crippen LogP contribution in [0.3, 0.4) is 0 Å². The maximum atomic E-state index is 13.4. The zero-order valence-corrected chi connectivity index (χ0v) is 14.7. The number of aliphatic hydroxyl groups excluding tert-OH is 1. The third kappa shape index (κ3) is 1.42. The predicted octanol–water partition coefficient (Wildman–Crippen LogP) is 2.64. The molecule has 7 unspecified atom stereocenters. The summed E-state index contributed by atoms with van der Waals surface area (Å²) in [5, 5.41) is 10.6. The lowest BCUT2D eigenvalue weighted by Gasteiger charge is -2.42. The van der Waals surface area contributed by atoms with E-state index in [-0.39, 0.29) is 35.7 Å². The van der Waals surface area contributed by atoms with Crippen molar-refractivity contribution in [3.8, 4) is 0 Å². The maximum absolute atomic E-state index is 13.4. The second kappa shape index (κ2) is 4.41. The van der Waals surface area contributed by atoms with E-state index in [0.29, 0.717) is 5.92 Å². The van der Waals surface area contributed by atoms with Gasteiger partial charge in [-0.3, -0.25) is 9.69 Å². The molecule has 4 fully saturated rings. The molecule has 24 heavy (non-hydrogen) atoms. The highest BCUT2D eigenvalue weighted by Crippen LogP contribution is 2.69. The quantitative estimate of drug-likeness (QED) is 0.908. The standard InChI is InChI=1S/C20H25NO3/c1-9(2)20-16-13-8-12(17(22)18(13)24-20)15(16)19(23)21(20)14-6-5-10(3)7-11(14)4/h5-7,9,12-13,15-18,22H,8H2,1-4H3. The average Bonchev–Trinajstić information content (AvgIpc) is 3.17. The van der Waals surface area contributed by atoms with Gasteiger partial charge in [0.15, 0.2) is 5.72 Å². The summed E-state index contributed by atoms with van der Waals surface area (Å²) in [6, 6.07) is 6.26. The molecule has 0 spiro atoms. The molecule has 7 atom stereocenters. The Balaban J connectivity index is 1.71. The van der Waals surface area contributed by atoms with Crippen molar-refractivity contribution in [1.82, 2.24) is 0 Å². The highest BCUT2D eigenvalue weighted by atomic mass is 16.6. The molecule has 2 aliphatic heterocycles. The number of hydrogen-bond acceptors (Lipinski definition) is 3. The number of aliphatic hydroxyl groups is 1. The van der Waals surface area contributed by atoms with Gasteiger partial charge in [-0.05, 0) is 43.7 Å². The van der Waals surface area contributed by atoms with Crippen molar-refractivity contribution in [2.24, 2.45) is 29.6 Å². The van der Waals surface area contributed by atoms with Gasteiger partial charge < -0.3 is 9.84 Å². The molecule has 128 valence electrons. The monoisotopic (exact) mass is 327 g/mol. The highest BCUT2D eigenvalue weighted by Gasteiger charge is 2.79. The molecule has 2 saturated heterocycles. The third-order valence-electron chi connectivity index (χ3n) is 7.13. The minimum Gasteiger partial charge on any atom is -0.390 e. The fourth-order valence-electron chi connectivity index (χ4n) is 6.35. The third-order valence-corrected chi connectivity index (χ3v) is 7.13. The summed E-state index contributed by atoms with van der Waals surface area (Å²) in [4.78, 5) is 15.4. The van der Waals surface area contributed by atoms with Gasteiger partial charge in [-0.15, -0.1) is 0 Å². The summed E-state index contributed by atoms with van der Waals surface area (Å²) in [5.74, 6) is 0.904. The minimum atomic E-state index is -0.594. The number of rotatable bonds is 2. The summed E-state index contributed by atoms with van der Waals surface area (Å²) in [6.45, 7) is 8.44. The lowest BCUT2D eigenvalue weighted by molar-refractivity contribution is -0.136. The van der Waals surface area contributed by atoms with E-state index in [1.165, 1.54) is 5.56 Å². The number of nitrogens with zero attached hydrogens (tertiary/aromatic N) is 1. The Hall–Kier alpha value is -1.39. The van der Waals surface area contributed by atoms with E-state index in [0.717, 1.165) is 17.7 Å². The molecule has 4 aliphatic rings. The van der Waals surface area contributed by atoms with Crippen LogP contribution in [0.2, 0.25) is 0 Å². The minimum absolute atomic E-state index is 0.0770. The summed E-state index contributed by atoms with van der Waals surface area (Å²) in [5.41, 5.74) is 2.70. The first-order chi connectivity index (χ1) is 11.4. The first kappa shape index (κ1) is 14.9. The molecule has 0 radical (unpaired) electrons. The Kier molecular flexibility index (Phi) is 2.74. The van der Waals surface area contributed by atoms with Crippen LogP contribution in [0.15, 0.2) is 18.2 Å². The van der Waals surface area contributed by atoms with Gasteiger partial charge in [0.2, 0.25) is 5.91 Å². The molecule has 2 bridgehead atoms. The van der Waals surface area contributed by atoms with Gasteiger partial charge in [0.25, 0.3) is 0 Å². The number of ether oxygens (including phenoxy) is 1. The van der Waals surface area contributed by atoms with Crippen LogP contribution >= 0.6 is 0 Å². The summed E-state index contributed by atoms with van der Waals surface area (Å²) < 4.78 is 6.57. The van der Waals surface area contributed by atoms with Gasteiger partial charge in [-0.1, -0.05) is 31.5 Å². The van der Waals surface area contributed by atoms with Crippen LogP contribution in [-0.4, -0.2) is 28.9 Å². The largest absolute Gasteiger partial charge is 0.390 e. The lowest BCUT2D eigenvalue weighted by atomic mass is 9.74. The zero-order valence-electron chi connectivity index (χ0n) is 14.7. The van der Waals surface area contributed by atoms with Crippen molar-refractivity contribution in [1.29, 1.82) is 0 Å². The van der Waals surface area contributed by atoms with Gasteiger partial charge in [0.1, 0.15) is 0 Å². The smallest absolute Gasteiger partial charge is 0.233 e. The van der Waals surface area contributed by atoms with Gasteiger partial charge in [0.05, 0.1) is 18.1 Å². The van der Waals surface area contributed by atoms with Crippen molar-refractivity contribution in [3.05, 3.63) is 29.3 Å². The van der Waals surface area contributed by atoms with Crippen molar-refractivity contribution >= 4 is 11.6 Å². The van der Waals surface area contributed by atoms with E-state index >= 15 is 0 Å². The molecule has 5 rings (SSSR count). The number of carbonyl (C=O) groups is 1. The first-order valence-electron chi connectivity index (χ1n) is 9.15. The van der Waals surface area contributed by atoms with E-state index in [2.05, 4.69) is 45.9 Å². The summed E-state index contributed by atoms with van der Waals surface area (Å²) >= 11 is 0. The molecule has 1 N–H and O–H groups in total. The van der Waals surface area contributed by atoms with Crippen molar-refractivity contribution in [2.45, 2.75) is 52.0 Å². The number of hydrogen-bond donors (Lipinski definition) is 1. The van der Waals surface area contributed by atoms with Gasteiger partial charge >= 0.3 is 0 Å². The molecular weight excluding hydrogens is 302 g/mol. The molecule has 1 amide bonds.